The molecule has 0 atom stereocenters. The van der Waals surface area contributed by atoms with E-state index in [2.05, 4.69) is 22.1 Å². The van der Waals surface area contributed by atoms with Gasteiger partial charge >= 0.3 is 0 Å². The van der Waals surface area contributed by atoms with Gasteiger partial charge in [0.15, 0.2) is 5.78 Å². The maximum absolute atomic E-state index is 12.4. The summed E-state index contributed by atoms with van der Waals surface area (Å²) < 4.78 is 1.71. The van der Waals surface area contributed by atoms with E-state index >= 15 is 0 Å². The summed E-state index contributed by atoms with van der Waals surface area (Å²) >= 11 is 0. The van der Waals surface area contributed by atoms with Gasteiger partial charge in [0.1, 0.15) is 0 Å². The zero-order chi connectivity index (χ0) is 16.8. The third kappa shape index (κ3) is 3.69. The molecule has 120 valence electrons. The zero-order valence-electron chi connectivity index (χ0n) is 13.5. The van der Waals surface area contributed by atoms with Gasteiger partial charge < -0.3 is 0 Å². The second-order valence-corrected chi connectivity index (χ2v) is 5.73. The fourth-order valence-electron chi connectivity index (χ4n) is 2.75. The average molecular weight is 317 g/mol. The minimum absolute atomic E-state index is 0.132. The molecule has 0 amide bonds. The molecule has 0 aliphatic carbocycles. The van der Waals surface area contributed by atoms with Gasteiger partial charge in [-0.2, -0.15) is 5.10 Å². The molecule has 1 aliphatic rings. The van der Waals surface area contributed by atoms with E-state index in [1.54, 1.807) is 16.9 Å². The zero-order valence-corrected chi connectivity index (χ0v) is 13.5. The number of carbonyl (C=O) groups is 1. The largest absolute Gasteiger partial charge is 0.294 e. The molecule has 1 aromatic heterocycles. The van der Waals surface area contributed by atoms with Gasteiger partial charge in [0.25, 0.3) is 0 Å². The molecule has 0 bridgehead atoms. The van der Waals surface area contributed by atoms with E-state index in [1.807, 2.05) is 30.6 Å². The second kappa shape index (κ2) is 7.56. The molecule has 0 unspecified atom stereocenters. The van der Waals surface area contributed by atoms with Gasteiger partial charge in [-0.3, -0.25) is 9.79 Å². The van der Waals surface area contributed by atoms with Crippen molar-refractivity contribution in [1.29, 1.82) is 0 Å². The number of benzene rings is 1. The molecule has 24 heavy (non-hydrogen) atoms. The van der Waals surface area contributed by atoms with Crippen LogP contribution in [0.5, 0.6) is 0 Å². The van der Waals surface area contributed by atoms with Gasteiger partial charge in [-0.15, -0.1) is 6.42 Å². The Morgan fingerprint density at radius 1 is 1.33 bits per heavy atom. The van der Waals surface area contributed by atoms with E-state index in [0.717, 1.165) is 31.5 Å². The molecule has 1 aromatic carbocycles. The van der Waals surface area contributed by atoms with Crippen LogP contribution in [0, 0.1) is 12.3 Å². The summed E-state index contributed by atoms with van der Waals surface area (Å²) in [6, 6.07) is 7.30. The minimum atomic E-state index is 0.132. The number of hydrogen-bond donors (Lipinski definition) is 0. The number of unbranched alkanes of at least 4 members (excludes halogenated alkanes) is 1. The van der Waals surface area contributed by atoms with Crippen molar-refractivity contribution < 1.29 is 4.79 Å². The van der Waals surface area contributed by atoms with Crippen molar-refractivity contribution in [1.82, 2.24) is 9.78 Å². The van der Waals surface area contributed by atoms with Crippen LogP contribution in [-0.4, -0.2) is 28.3 Å². The van der Waals surface area contributed by atoms with Gasteiger partial charge in [-0.1, -0.05) is 12.0 Å². The van der Waals surface area contributed by atoms with Crippen molar-refractivity contribution >= 4 is 12.0 Å². The lowest BCUT2D eigenvalue weighted by Crippen LogP contribution is -2.03. The van der Waals surface area contributed by atoms with Gasteiger partial charge in [-0.25, -0.2) is 4.68 Å². The van der Waals surface area contributed by atoms with Crippen LogP contribution in [-0.2, 0) is 0 Å². The van der Waals surface area contributed by atoms with Crippen molar-refractivity contribution in [3.8, 4) is 18.0 Å². The van der Waals surface area contributed by atoms with Crippen LogP contribution in [0.3, 0.4) is 0 Å². The second-order valence-electron chi connectivity index (χ2n) is 5.73. The maximum Gasteiger partial charge on any atom is 0.162 e. The first-order valence-corrected chi connectivity index (χ1v) is 8.10. The summed E-state index contributed by atoms with van der Waals surface area (Å²) in [6.07, 6.45) is 16.6. The van der Waals surface area contributed by atoms with Crippen LogP contribution in [0.2, 0.25) is 0 Å². The highest BCUT2D eigenvalue weighted by Gasteiger charge is 2.10. The highest BCUT2D eigenvalue weighted by atomic mass is 16.1. The molecule has 1 aliphatic heterocycles. The molecule has 0 radical (unpaired) electrons. The van der Waals surface area contributed by atoms with Crippen LogP contribution in [0.15, 0.2) is 53.3 Å². The normalized spacial score (nSPS) is 12.9. The van der Waals surface area contributed by atoms with Gasteiger partial charge in [0, 0.05) is 30.6 Å². The summed E-state index contributed by atoms with van der Waals surface area (Å²) in [5.74, 6) is 2.78. The molecule has 0 spiro atoms. The molecule has 0 N–H and O–H groups in total. The SMILES string of the molecule is C#Cc1cc(C(=O)CCCCC2=CCN=C2)ccc1-n1cccn1. The predicted octanol–water partition coefficient (Wildman–Crippen LogP) is 3.61. The Hall–Kier alpha value is -2.93. The summed E-state index contributed by atoms with van der Waals surface area (Å²) in [5.41, 5.74) is 3.43. The number of aromatic nitrogens is 2. The van der Waals surface area contributed by atoms with Crippen molar-refractivity contribution in [3.63, 3.8) is 0 Å². The van der Waals surface area contributed by atoms with Crippen molar-refractivity contribution in [3.05, 3.63) is 59.4 Å². The van der Waals surface area contributed by atoms with E-state index < -0.39 is 0 Å². The van der Waals surface area contributed by atoms with E-state index in [1.165, 1.54) is 5.57 Å². The number of hydrogen-bond acceptors (Lipinski definition) is 3. The highest BCUT2D eigenvalue weighted by Crippen LogP contribution is 2.18. The molecule has 2 aromatic rings. The number of carbonyl (C=O) groups excluding carboxylic acids is 1. The topological polar surface area (TPSA) is 47.2 Å². The Balaban J connectivity index is 1.60. The average Bonchev–Trinajstić information content (AvgIpc) is 3.31. The fourth-order valence-corrected chi connectivity index (χ4v) is 2.75. The van der Waals surface area contributed by atoms with E-state index in [9.17, 15) is 4.79 Å². The van der Waals surface area contributed by atoms with E-state index in [-0.39, 0.29) is 5.78 Å². The van der Waals surface area contributed by atoms with Crippen LogP contribution < -0.4 is 0 Å². The number of terminal acetylenes is 1. The first-order valence-electron chi connectivity index (χ1n) is 8.10. The molecule has 0 saturated carbocycles. The molecular weight excluding hydrogens is 298 g/mol. The molecule has 0 saturated heterocycles. The van der Waals surface area contributed by atoms with Gasteiger partial charge in [-0.05, 0) is 49.1 Å². The summed E-state index contributed by atoms with van der Waals surface area (Å²) in [6.45, 7) is 0.797. The Labute approximate surface area is 141 Å². The van der Waals surface area contributed by atoms with Crippen LogP contribution in [0.4, 0.5) is 0 Å². The smallest absolute Gasteiger partial charge is 0.162 e. The summed E-state index contributed by atoms with van der Waals surface area (Å²) in [7, 11) is 0. The minimum Gasteiger partial charge on any atom is -0.294 e. The van der Waals surface area contributed by atoms with Gasteiger partial charge in [0.2, 0.25) is 0 Å². The lowest BCUT2D eigenvalue weighted by Gasteiger charge is -2.08. The van der Waals surface area contributed by atoms with Crippen LogP contribution in [0.1, 0.15) is 41.6 Å². The lowest BCUT2D eigenvalue weighted by atomic mass is 10.0. The molecule has 4 nitrogen and oxygen atoms in total. The standard InChI is InChI=1S/C20H19N3O/c1-2-17-14-18(8-9-19(17)23-13-5-11-22-23)20(24)7-4-3-6-16-10-12-21-15-16/h1,5,8-11,13-15H,3-4,6-7,12H2. The molecule has 3 rings (SSSR count). The third-order valence-electron chi connectivity index (χ3n) is 4.06. The van der Waals surface area contributed by atoms with E-state index in [4.69, 9.17) is 6.42 Å². The predicted molar refractivity (Wildman–Crippen MR) is 95.7 cm³/mol. The first kappa shape index (κ1) is 15.9. The van der Waals surface area contributed by atoms with Crippen molar-refractivity contribution in [2.45, 2.75) is 25.7 Å². The fraction of sp³-hybridized carbons (Fsp3) is 0.250. The number of allylic oxidation sites excluding steroid dienone is 1. The molecule has 0 fully saturated rings. The Bertz CT molecular complexity index is 823. The number of ketones is 1. The molecular formula is C20H19N3O. The molecule has 2 heterocycles. The van der Waals surface area contributed by atoms with Gasteiger partial charge in [0.05, 0.1) is 17.8 Å². The Kier molecular flexibility index (Phi) is 5.02. The summed E-state index contributed by atoms with van der Waals surface area (Å²) in [4.78, 5) is 16.5. The number of Topliss-reactive ketones (excluding diaryl/α,β-unsaturated/α-hetero) is 1. The number of nitrogens with zero attached hydrogens (tertiary/aromatic N) is 3. The summed E-state index contributed by atoms with van der Waals surface area (Å²) in [5, 5.41) is 4.19. The quantitative estimate of drug-likeness (QED) is 0.445. The lowest BCUT2D eigenvalue weighted by molar-refractivity contribution is 0.0979. The first-order chi connectivity index (χ1) is 11.8. The monoisotopic (exact) mass is 317 g/mol. The number of rotatable bonds is 7. The Morgan fingerprint density at radius 2 is 2.25 bits per heavy atom. The van der Waals surface area contributed by atoms with Crippen molar-refractivity contribution in [2.24, 2.45) is 4.99 Å². The third-order valence-corrected chi connectivity index (χ3v) is 4.06. The Morgan fingerprint density at radius 3 is 2.96 bits per heavy atom. The van der Waals surface area contributed by atoms with E-state index in [0.29, 0.717) is 17.5 Å². The van der Waals surface area contributed by atoms with Crippen LogP contribution in [0.25, 0.3) is 5.69 Å². The maximum atomic E-state index is 12.4. The highest BCUT2D eigenvalue weighted by molar-refractivity contribution is 5.96. The number of aliphatic imine (C=N–C) groups is 1. The van der Waals surface area contributed by atoms with Crippen LogP contribution >= 0.6 is 0 Å². The van der Waals surface area contributed by atoms with Crippen molar-refractivity contribution in [2.75, 3.05) is 6.54 Å². The molecule has 4 heteroatoms.